The fourth-order valence-corrected chi connectivity index (χ4v) is 4.25. The van der Waals surface area contributed by atoms with Gasteiger partial charge in [0.2, 0.25) is 5.91 Å². The first-order chi connectivity index (χ1) is 17.0. The Morgan fingerprint density at radius 1 is 1.08 bits per heavy atom. The second-order valence-corrected chi connectivity index (χ2v) is 8.32. The molecule has 1 aromatic carbocycles. The highest BCUT2D eigenvalue weighted by molar-refractivity contribution is 6.33. The van der Waals surface area contributed by atoms with Crippen molar-refractivity contribution < 1.29 is 36.0 Å². The van der Waals surface area contributed by atoms with E-state index < -0.39 is 53.1 Å². The van der Waals surface area contributed by atoms with Gasteiger partial charge in [-0.3, -0.25) is 14.0 Å². The number of benzene rings is 1. The molecule has 2 amide bonds. The molecule has 0 atom stereocenters. The number of fused-ring (bicyclic) bond motifs is 1. The summed E-state index contributed by atoms with van der Waals surface area (Å²) < 4.78 is 74.7. The Kier molecular flexibility index (Phi) is 5.70. The first-order valence-corrected chi connectivity index (χ1v) is 10.8. The molecule has 0 unspecified atom stereocenters. The standard InChI is InChI=1S/C23H14ClF5N4O3/c24-20-19(22(35)31-4-5-32(18(34)10-31)17-2-1-14(25)8-16(17)26)30-21-15(23(27,28)29)7-13(9-33(20)21)12-3-6-36-11-12/h1-3,6-9,11H,4-5,10H2. The molecule has 0 bridgehead atoms. The van der Waals surface area contributed by atoms with Crippen LogP contribution in [0.2, 0.25) is 5.15 Å². The monoisotopic (exact) mass is 524 g/mol. The molecule has 4 aromatic rings. The summed E-state index contributed by atoms with van der Waals surface area (Å²) in [4.78, 5) is 31.8. The van der Waals surface area contributed by atoms with Crippen LogP contribution in [0.1, 0.15) is 16.1 Å². The SMILES string of the molecule is O=C(c1nc2c(C(F)(F)F)cc(-c3ccoc3)cn2c1Cl)N1CCN(c2ccc(F)cc2F)C(=O)C1. The predicted molar refractivity (Wildman–Crippen MR) is 118 cm³/mol. The van der Waals surface area contributed by atoms with Crippen molar-refractivity contribution in [3.05, 3.63) is 77.1 Å². The van der Waals surface area contributed by atoms with Crippen LogP contribution in [-0.2, 0) is 11.0 Å². The Hall–Kier alpha value is -3.93. The van der Waals surface area contributed by atoms with E-state index in [1.165, 1.54) is 24.8 Å². The largest absolute Gasteiger partial charge is 0.472 e. The van der Waals surface area contributed by atoms with Gasteiger partial charge in [-0.15, -0.1) is 0 Å². The van der Waals surface area contributed by atoms with Gasteiger partial charge in [0.05, 0.1) is 23.8 Å². The number of hydrogen-bond acceptors (Lipinski definition) is 4. The lowest BCUT2D eigenvalue weighted by Crippen LogP contribution is -2.52. The molecular formula is C23H14ClF5N4O3. The zero-order valence-electron chi connectivity index (χ0n) is 18.0. The molecular weight excluding hydrogens is 511 g/mol. The number of hydrogen-bond donors (Lipinski definition) is 0. The fraction of sp³-hybridized carbons (Fsp3) is 0.174. The maximum Gasteiger partial charge on any atom is 0.420 e. The number of rotatable bonds is 3. The van der Waals surface area contributed by atoms with Crippen molar-refractivity contribution in [1.29, 1.82) is 0 Å². The summed E-state index contributed by atoms with van der Waals surface area (Å²) in [7, 11) is 0. The second-order valence-electron chi connectivity index (χ2n) is 7.96. The van der Waals surface area contributed by atoms with Gasteiger partial charge in [-0.2, -0.15) is 13.2 Å². The number of carbonyl (C=O) groups excluding carboxylic acids is 2. The first-order valence-electron chi connectivity index (χ1n) is 10.4. The maximum atomic E-state index is 14.1. The number of nitrogens with zero attached hydrogens (tertiary/aromatic N) is 4. The quantitative estimate of drug-likeness (QED) is 0.352. The van der Waals surface area contributed by atoms with Crippen molar-refractivity contribution in [2.75, 3.05) is 24.5 Å². The minimum atomic E-state index is -4.81. The number of alkyl halides is 3. The van der Waals surface area contributed by atoms with Crippen LogP contribution in [0.4, 0.5) is 27.6 Å². The van der Waals surface area contributed by atoms with Crippen LogP contribution in [0.25, 0.3) is 16.8 Å². The number of halogens is 6. The first kappa shape index (κ1) is 23.8. The third-order valence-corrected chi connectivity index (χ3v) is 6.09. The molecule has 4 heterocycles. The number of piperazine rings is 1. The van der Waals surface area contributed by atoms with Crippen LogP contribution in [0.3, 0.4) is 0 Å². The highest BCUT2D eigenvalue weighted by atomic mass is 35.5. The van der Waals surface area contributed by atoms with Crippen LogP contribution >= 0.6 is 11.6 Å². The summed E-state index contributed by atoms with van der Waals surface area (Å²) in [5, 5.41) is -0.370. The van der Waals surface area contributed by atoms with E-state index in [0.717, 1.165) is 32.4 Å². The normalized spacial score (nSPS) is 14.7. The van der Waals surface area contributed by atoms with Gasteiger partial charge in [-0.1, -0.05) is 11.6 Å². The molecule has 0 spiro atoms. The Labute approximate surface area is 204 Å². The molecule has 0 saturated carbocycles. The van der Waals surface area contributed by atoms with Crippen LogP contribution in [-0.4, -0.2) is 45.7 Å². The van der Waals surface area contributed by atoms with Crippen molar-refractivity contribution in [3.8, 4) is 11.1 Å². The van der Waals surface area contributed by atoms with Crippen LogP contribution < -0.4 is 4.90 Å². The highest BCUT2D eigenvalue weighted by Crippen LogP contribution is 2.37. The van der Waals surface area contributed by atoms with E-state index in [2.05, 4.69) is 4.98 Å². The number of imidazole rings is 1. The van der Waals surface area contributed by atoms with Gasteiger partial charge in [0, 0.05) is 36.5 Å². The second kappa shape index (κ2) is 8.63. The molecule has 0 N–H and O–H groups in total. The van der Waals surface area contributed by atoms with Crippen molar-refractivity contribution >= 4 is 34.7 Å². The molecule has 36 heavy (non-hydrogen) atoms. The van der Waals surface area contributed by atoms with E-state index in [9.17, 15) is 31.5 Å². The highest BCUT2D eigenvalue weighted by Gasteiger charge is 2.37. The molecule has 5 rings (SSSR count). The summed E-state index contributed by atoms with van der Waals surface area (Å²) in [6, 6.07) is 5.07. The molecule has 0 aliphatic carbocycles. The number of carbonyl (C=O) groups is 2. The van der Waals surface area contributed by atoms with Crippen molar-refractivity contribution in [3.63, 3.8) is 0 Å². The lowest BCUT2D eigenvalue weighted by Gasteiger charge is -2.34. The van der Waals surface area contributed by atoms with Crippen LogP contribution in [0.15, 0.2) is 53.5 Å². The van der Waals surface area contributed by atoms with Gasteiger partial charge < -0.3 is 14.2 Å². The number of amides is 2. The van der Waals surface area contributed by atoms with Crippen molar-refractivity contribution in [2.45, 2.75) is 6.18 Å². The molecule has 1 fully saturated rings. The van der Waals surface area contributed by atoms with E-state index in [-0.39, 0.29) is 29.5 Å². The van der Waals surface area contributed by atoms with Gasteiger partial charge in [0.25, 0.3) is 5.91 Å². The smallest absolute Gasteiger partial charge is 0.420 e. The van der Waals surface area contributed by atoms with Crippen molar-refractivity contribution in [2.24, 2.45) is 0 Å². The Morgan fingerprint density at radius 3 is 2.50 bits per heavy atom. The molecule has 7 nitrogen and oxygen atoms in total. The van der Waals surface area contributed by atoms with E-state index in [1.54, 1.807) is 0 Å². The third kappa shape index (κ3) is 4.06. The summed E-state index contributed by atoms with van der Waals surface area (Å²) >= 11 is 6.30. The van der Waals surface area contributed by atoms with Crippen molar-refractivity contribution in [1.82, 2.24) is 14.3 Å². The Bertz CT molecular complexity index is 1500. The molecule has 3 aromatic heterocycles. The van der Waals surface area contributed by atoms with E-state index in [1.807, 2.05) is 0 Å². The third-order valence-electron chi connectivity index (χ3n) is 5.73. The summed E-state index contributed by atoms with van der Waals surface area (Å²) in [6.45, 7) is -0.721. The van der Waals surface area contributed by atoms with Gasteiger partial charge >= 0.3 is 6.18 Å². The van der Waals surface area contributed by atoms with E-state index in [0.29, 0.717) is 11.6 Å². The lowest BCUT2D eigenvalue weighted by atomic mass is 10.1. The molecule has 186 valence electrons. The molecule has 0 radical (unpaired) electrons. The maximum absolute atomic E-state index is 14.1. The van der Waals surface area contributed by atoms with Gasteiger partial charge in [0.1, 0.15) is 23.3 Å². The average Bonchev–Trinajstić information content (AvgIpc) is 3.46. The number of furan rings is 1. The van der Waals surface area contributed by atoms with Gasteiger partial charge in [-0.25, -0.2) is 13.8 Å². The summed E-state index contributed by atoms with van der Waals surface area (Å²) in [5.74, 6) is -3.29. The number of pyridine rings is 1. The van der Waals surface area contributed by atoms with Crippen LogP contribution in [0.5, 0.6) is 0 Å². The zero-order valence-corrected chi connectivity index (χ0v) is 18.8. The fourth-order valence-electron chi connectivity index (χ4n) is 4.00. The van der Waals surface area contributed by atoms with E-state index in [4.69, 9.17) is 16.0 Å². The van der Waals surface area contributed by atoms with Gasteiger partial charge in [0.15, 0.2) is 11.3 Å². The van der Waals surface area contributed by atoms with Crippen LogP contribution in [0, 0.1) is 11.6 Å². The molecule has 1 aliphatic rings. The molecule has 1 aliphatic heterocycles. The van der Waals surface area contributed by atoms with E-state index >= 15 is 0 Å². The van der Waals surface area contributed by atoms with Gasteiger partial charge in [-0.05, 0) is 24.3 Å². The average molecular weight is 525 g/mol. The Morgan fingerprint density at radius 2 is 1.86 bits per heavy atom. The molecule has 1 saturated heterocycles. The minimum Gasteiger partial charge on any atom is -0.472 e. The zero-order chi connectivity index (χ0) is 25.8. The lowest BCUT2D eigenvalue weighted by molar-refractivity contribution is -0.136. The molecule has 13 heteroatoms. The Balaban J connectivity index is 1.48. The minimum absolute atomic E-state index is 0.0853. The number of anilines is 1. The topological polar surface area (TPSA) is 71.1 Å². The summed E-state index contributed by atoms with van der Waals surface area (Å²) in [5.41, 5.74) is -1.83. The predicted octanol–water partition coefficient (Wildman–Crippen LogP) is 5.03. The number of aromatic nitrogens is 2. The summed E-state index contributed by atoms with van der Waals surface area (Å²) in [6.07, 6.45) is -0.961.